The first kappa shape index (κ1) is 40.6. The average molecular weight is 828 g/mol. The zero-order valence-electron chi connectivity index (χ0n) is 36.8. The maximum atomic E-state index is 5.07. The zero-order chi connectivity index (χ0) is 43.2. The second kappa shape index (κ2) is 18.5. The topological polar surface area (TPSA) is 21.1 Å². The minimum atomic E-state index is 0.811. The van der Waals surface area contributed by atoms with Crippen molar-refractivity contribution >= 4 is 61.2 Å². The summed E-state index contributed by atoms with van der Waals surface area (Å²) in [7, 11) is 0. The molecule has 0 amide bonds. The Morgan fingerprint density at radius 2 is 1.56 bits per heavy atom. The summed E-state index contributed by atoms with van der Waals surface area (Å²) in [5.41, 5.74) is 15.6. The monoisotopic (exact) mass is 827 g/mol. The minimum Gasteiger partial charge on any atom is -0.309 e. The third-order valence-electron chi connectivity index (χ3n) is 12.7. The van der Waals surface area contributed by atoms with E-state index >= 15 is 0 Å². The normalized spacial score (nSPS) is 16.1. The second-order valence-corrected chi connectivity index (χ2v) is 16.9. The Balaban J connectivity index is 1.03. The molecular formula is C61H53N3. The molecule has 3 aliphatic rings. The van der Waals surface area contributed by atoms with Gasteiger partial charge < -0.3 is 9.47 Å². The van der Waals surface area contributed by atoms with Crippen molar-refractivity contribution in [3.8, 4) is 11.1 Å². The van der Waals surface area contributed by atoms with Gasteiger partial charge >= 0.3 is 0 Å². The Morgan fingerprint density at radius 3 is 2.42 bits per heavy atom. The Hall–Kier alpha value is -7.49. The van der Waals surface area contributed by atoms with Gasteiger partial charge in [-0.2, -0.15) is 0 Å². The fraction of sp³-hybridized carbons (Fsp3) is 0.131. The van der Waals surface area contributed by atoms with E-state index in [9.17, 15) is 0 Å². The van der Waals surface area contributed by atoms with Crippen LogP contribution in [-0.2, 0) is 6.42 Å². The van der Waals surface area contributed by atoms with Crippen molar-refractivity contribution in [3.63, 3.8) is 0 Å². The summed E-state index contributed by atoms with van der Waals surface area (Å²) < 4.78 is 2.51. The molecule has 0 fully saturated rings. The van der Waals surface area contributed by atoms with E-state index in [0.29, 0.717) is 0 Å². The number of benzene rings is 5. The van der Waals surface area contributed by atoms with Crippen molar-refractivity contribution < 1.29 is 0 Å². The maximum Gasteiger partial charge on any atom is 0.0660 e. The van der Waals surface area contributed by atoms with Crippen LogP contribution in [0.25, 0.3) is 60.9 Å². The third kappa shape index (κ3) is 8.25. The maximum absolute atomic E-state index is 5.07. The molecule has 2 aromatic heterocycles. The first-order valence-corrected chi connectivity index (χ1v) is 22.8. The zero-order valence-corrected chi connectivity index (χ0v) is 36.8. The third-order valence-corrected chi connectivity index (χ3v) is 12.7. The van der Waals surface area contributed by atoms with Crippen LogP contribution in [0.4, 0.5) is 11.4 Å². The lowest BCUT2D eigenvalue weighted by molar-refractivity contribution is 0.999. The van der Waals surface area contributed by atoms with Gasteiger partial charge in [0.1, 0.15) is 0 Å². The summed E-state index contributed by atoms with van der Waals surface area (Å²) >= 11 is 0. The van der Waals surface area contributed by atoms with Crippen LogP contribution in [0, 0.1) is 0 Å². The van der Waals surface area contributed by atoms with Crippen molar-refractivity contribution in [2.45, 2.75) is 52.4 Å². The van der Waals surface area contributed by atoms with E-state index in [1.165, 1.54) is 71.7 Å². The molecule has 0 aliphatic heterocycles. The van der Waals surface area contributed by atoms with Crippen molar-refractivity contribution in [2.24, 2.45) is 0 Å². The second-order valence-electron chi connectivity index (χ2n) is 16.9. The lowest BCUT2D eigenvalue weighted by Crippen LogP contribution is -2.15. The van der Waals surface area contributed by atoms with Gasteiger partial charge in [0.05, 0.1) is 28.8 Å². The Morgan fingerprint density at radius 1 is 0.719 bits per heavy atom. The largest absolute Gasteiger partial charge is 0.309 e. The highest BCUT2D eigenvalue weighted by atomic mass is 15.2. The number of aromatic nitrogens is 2. The van der Waals surface area contributed by atoms with Crippen LogP contribution in [-0.4, -0.2) is 9.55 Å². The van der Waals surface area contributed by atoms with Gasteiger partial charge in [0, 0.05) is 28.0 Å². The molecule has 0 saturated carbocycles. The highest BCUT2D eigenvalue weighted by Crippen LogP contribution is 2.41. The molecule has 312 valence electrons. The Bertz CT molecular complexity index is 3210. The SMILES string of the molecule is C/C=C\c1c(CC2=CC=CC(N(c3ccc(/C(C)=C/C=C4/C=CCC=CC4)nc3)c3ccc4c(ccc5ccccc54)c3)=CC2)c2cccc(-c3ccccc3)c2n1C1=CCCC=C1. The number of nitrogens with zero attached hydrogens (tertiary/aromatic N) is 3. The molecule has 0 N–H and O–H groups in total. The van der Waals surface area contributed by atoms with Gasteiger partial charge in [0.25, 0.3) is 0 Å². The lowest BCUT2D eigenvalue weighted by atomic mass is 9.97. The molecule has 0 atom stereocenters. The number of hydrogen-bond donors (Lipinski definition) is 0. The lowest BCUT2D eigenvalue weighted by Gasteiger charge is -2.27. The number of pyridine rings is 1. The number of para-hydroxylation sites is 1. The number of fused-ring (bicyclic) bond motifs is 4. The molecule has 3 nitrogen and oxygen atoms in total. The standard InChI is InChI=1S/C61H53N3/c1-3-18-60-58(57-30-17-29-56(47-22-10-6-11-23-47)61(57)64(60)50-25-12-7-13-26-50)41-46-21-16-27-51(36-33-46)63(52-37-39-55-49(42-52)35-34-48-24-14-15-28-54(48)55)53-38-40-59(62-43-53)44(2)31-32-45-19-8-4-5-9-20-45/h3-4,6,8-12,14-18,20-32,34-40,42-43H,5,7,13,19,33,41H2,1-2H3/b18-3-,44-31+,45-32+. The molecular weight excluding hydrogens is 775 g/mol. The van der Waals surface area contributed by atoms with Gasteiger partial charge in [0.2, 0.25) is 0 Å². The highest BCUT2D eigenvalue weighted by molar-refractivity contribution is 6.08. The van der Waals surface area contributed by atoms with Gasteiger partial charge in [0.15, 0.2) is 0 Å². The molecule has 2 heterocycles. The molecule has 10 rings (SSSR count). The molecule has 0 bridgehead atoms. The van der Waals surface area contributed by atoms with E-state index in [2.05, 4.69) is 230 Å². The first-order valence-electron chi connectivity index (χ1n) is 22.8. The molecule has 0 saturated heterocycles. The van der Waals surface area contributed by atoms with Crippen molar-refractivity contribution in [1.29, 1.82) is 0 Å². The summed E-state index contributed by atoms with van der Waals surface area (Å²) in [4.78, 5) is 7.44. The van der Waals surface area contributed by atoms with E-state index in [4.69, 9.17) is 4.98 Å². The average Bonchev–Trinajstić information content (AvgIpc) is 3.56. The van der Waals surface area contributed by atoms with Crippen LogP contribution < -0.4 is 4.90 Å². The van der Waals surface area contributed by atoms with E-state index in [-0.39, 0.29) is 0 Å². The molecule has 0 spiro atoms. The van der Waals surface area contributed by atoms with Crippen molar-refractivity contribution in [1.82, 2.24) is 9.55 Å². The van der Waals surface area contributed by atoms with Gasteiger partial charge in [-0.3, -0.25) is 4.98 Å². The predicted molar refractivity (Wildman–Crippen MR) is 275 cm³/mol. The fourth-order valence-electron chi connectivity index (χ4n) is 9.46. The van der Waals surface area contributed by atoms with Gasteiger partial charge in [-0.1, -0.05) is 169 Å². The van der Waals surface area contributed by atoms with Crippen LogP contribution >= 0.6 is 0 Å². The number of allylic oxidation sites excluding steroid dienone is 18. The first-order chi connectivity index (χ1) is 31.6. The summed E-state index contributed by atoms with van der Waals surface area (Å²) in [6.45, 7) is 4.28. The van der Waals surface area contributed by atoms with Gasteiger partial charge in [-0.25, -0.2) is 0 Å². The van der Waals surface area contributed by atoms with Crippen molar-refractivity contribution in [2.75, 3.05) is 4.90 Å². The smallest absolute Gasteiger partial charge is 0.0660 e. The summed E-state index contributed by atoms with van der Waals surface area (Å²) in [6, 6.07) is 42.1. The highest BCUT2D eigenvalue weighted by Gasteiger charge is 2.23. The van der Waals surface area contributed by atoms with Gasteiger partial charge in [-0.15, -0.1) is 0 Å². The van der Waals surface area contributed by atoms with E-state index in [1.807, 2.05) is 6.20 Å². The summed E-state index contributed by atoms with van der Waals surface area (Å²) in [5.74, 6) is 0. The molecule has 5 aromatic carbocycles. The minimum absolute atomic E-state index is 0.811. The van der Waals surface area contributed by atoms with E-state index in [0.717, 1.165) is 66.9 Å². The van der Waals surface area contributed by atoms with Crippen LogP contribution in [0.1, 0.15) is 62.9 Å². The quantitative estimate of drug-likeness (QED) is 0.101. The fourth-order valence-corrected chi connectivity index (χ4v) is 9.46. The van der Waals surface area contributed by atoms with E-state index < -0.39 is 0 Å². The van der Waals surface area contributed by atoms with Crippen LogP contribution in [0.3, 0.4) is 0 Å². The molecule has 64 heavy (non-hydrogen) atoms. The molecule has 0 radical (unpaired) electrons. The number of hydrogen-bond acceptors (Lipinski definition) is 2. The van der Waals surface area contributed by atoms with E-state index in [1.54, 1.807) is 0 Å². The summed E-state index contributed by atoms with van der Waals surface area (Å²) in [5, 5.41) is 6.28. The number of rotatable bonds is 10. The molecule has 3 heteroatoms. The van der Waals surface area contributed by atoms with Crippen molar-refractivity contribution in [3.05, 3.63) is 240 Å². The Labute approximate surface area is 377 Å². The van der Waals surface area contributed by atoms with Gasteiger partial charge in [-0.05, 0) is 139 Å². The van der Waals surface area contributed by atoms with Crippen LogP contribution in [0.5, 0.6) is 0 Å². The predicted octanol–water partition coefficient (Wildman–Crippen LogP) is 16.6. The van der Waals surface area contributed by atoms with Crippen LogP contribution in [0.2, 0.25) is 0 Å². The Kier molecular flexibility index (Phi) is 11.7. The summed E-state index contributed by atoms with van der Waals surface area (Å²) in [6.07, 6.45) is 41.8. The van der Waals surface area contributed by atoms with Crippen LogP contribution in [0.15, 0.2) is 223 Å². The molecule has 7 aromatic rings. The molecule has 0 unspecified atom stereocenters. The molecule has 3 aliphatic carbocycles. The number of anilines is 2.